The zero-order valence-electron chi connectivity index (χ0n) is 12.6. The van der Waals surface area contributed by atoms with Gasteiger partial charge in [0.1, 0.15) is 12.5 Å². The molecule has 0 fully saturated rings. The Morgan fingerprint density at radius 1 is 1.09 bits per heavy atom. The van der Waals surface area contributed by atoms with Gasteiger partial charge in [-0.15, -0.1) is 0 Å². The van der Waals surface area contributed by atoms with Crippen molar-refractivity contribution >= 4 is 17.6 Å². The molecule has 2 aromatic rings. The SMILES string of the molecule is CCC(O)N(c1n[c]nc(Nc2ccccc2)n1)C(O)CC. The van der Waals surface area contributed by atoms with Crippen LogP contribution in [-0.2, 0) is 0 Å². The van der Waals surface area contributed by atoms with E-state index in [0.29, 0.717) is 18.8 Å². The molecule has 0 aliphatic heterocycles. The number of aliphatic hydroxyl groups is 2. The first kappa shape index (κ1) is 16.1. The van der Waals surface area contributed by atoms with E-state index in [-0.39, 0.29) is 5.95 Å². The average Bonchev–Trinajstić information content (AvgIpc) is 2.56. The van der Waals surface area contributed by atoms with E-state index in [0.717, 1.165) is 5.69 Å². The van der Waals surface area contributed by atoms with E-state index in [9.17, 15) is 10.2 Å². The number of nitrogens with one attached hydrogen (secondary N) is 1. The molecule has 0 amide bonds. The van der Waals surface area contributed by atoms with Crippen molar-refractivity contribution in [3.05, 3.63) is 36.7 Å². The van der Waals surface area contributed by atoms with Crippen LogP contribution in [0.2, 0.25) is 0 Å². The predicted octanol–water partition coefficient (Wildman–Crippen LogP) is 1.68. The molecule has 1 heterocycles. The molecule has 0 spiro atoms. The summed E-state index contributed by atoms with van der Waals surface area (Å²) in [5.74, 6) is 0.477. The fourth-order valence-corrected chi connectivity index (χ4v) is 1.94. The normalized spacial score (nSPS) is 13.5. The minimum absolute atomic E-state index is 0.178. The number of para-hydroxylation sites is 1. The van der Waals surface area contributed by atoms with E-state index in [4.69, 9.17) is 0 Å². The Labute approximate surface area is 129 Å². The Kier molecular flexibility index (Phi) is 5.62. The number of aliphatic hydroxyl groups excluding tert-OH is 2. The Balaban J connectivity index is 2.25. The third-order valence-electron chi connectivity index (χ3n) is 3.15. The third kappa shape index (κ3) is 3.90. The highest BCUT2D eigenvalue weighted by atomic mass is 16.3. The van der Waals surface area contributed by atoms with Crippen molar-refractivity contribution in [1.29, 1.82) is 0 Å². The second-order valence-corrected chi connectivity index (χ2v) is 4.74. The van der Waals surface area contributed by atoms with Gasteiger partial charge in [0.05, 0.1) is 0 Å². The van der Waals surface area contributed by atoms with Crippen molar-refractivity contribution < 1.29 is 10.2 Å². The molecule has 0 aliphatic carbocycles. The largest absolute Gasteiger partial charge is 0.373 e. The van der Waals surface area contributed by atoms with Crippen LogP contribution in [0.4, 0.5) is 17.6 Å². The molecule has 1 aromatic carbocycles. The van der Waals surface area contributed by atoms with Crippen molar-refractivity contribution in [2.75, 3.05) is 10.2 Å². The van der Waals surface area contributed by atoms with Gasteiger partial charge in [0.25, 0.3) is 0 Å². The molecule has 2 atom stereocenters. The highest BCUT2D eigenvalue weighted by Gasteiger charge is 2.24. The molecule has 0 saturated carbocycles. The van der Waals surface area contributed by atoms with Crippen molar-refractivity contribution in [2.45, 2.75) is 39.1 Å². The van der Waals surface area contributed by atoms with Crippen molar-refractivity contribution in [3.8, 4) is 0 Å². The lowest BCUT2D eigenvalue weighted by Crippen LogP contribution is -2.44. The van der Waals surface area contributed by atoms with Gasteiger partial charge < -0.3 is 15.5 Å². The van der Waals surface area contributed by atoms with Gasteiger partial charge in [0.15, 0.2) is 0 Å². The van der Waals surface area contributed by atoms with Crippen LogP contribution < -0.4 is 10.2 Å². The summed E-state index contributed by atoms with van der Waals surface area (Å²) in [5.41, 5.74) is 0.826. The van der Waals surface area contributed by atoms with Gasteiger partial charge in [0, 0.05) is 5.69 Å². The number of nitrogens with zero attached hydrogens (tertiary/aromatic N) is 4. The van der Waals surface area contributed by atoms with E-state index in [1.54, 1.807) is 0 Å². The van der Waals surface area contributed by atoms with Crippen LogP contribution in [0.1, 0.15) is 26.7 Å². The number of aromatic nitrogens is 3. The summed E-state index contributed by atoms with van der Waals surface area (Å²) in [5, 5.41) is 23.2. The topological polar surface area (TPSA) is 94.4 Å². The summed E-state index contributed by atoms with van der Waals surface area (Å²) in [6.45, 7) is 3.63. The summed E-state index contributed by atoms with van der Waals surface area (Å²) in [4.78, 5) is 13.5. The summed E-state index contributed by atoms with van der Waals surface area (Å²) in [6.07, 6.45) is 1.61. The zero-order valence-corrected chi connectivity index (χ0v) is 12.6. The lowest BCUT2D eigenvalue weighted by atomic mass is 10.3. The highest BCUT2D eigenvalue weighted by molar-refractivity contribution is 5.53. The minimum Gasteiger partial charge on any atom is -0.373 e. The van der Waals surface area contributed by atoms with E-state index in [1.165, 1.54) is 4.90 Å². The predicted molar refractivity (Wildman–Crippen MR) is 83.5 cm³/mol. The Morgan fingerprint density at radius 3 is 2.32 bits per heavy atom. The number of hydrogen-bond donors (Lipinski definition) is 3. The van der Waals surface area contributed by atoms with Crippen LogP contribution in [0.15, 0.2) is 30.3 Å². The first-order valence-electron chi connectivity index (χ1n) is 7.24. The van der Waals surface area contributed by atoms with Gasteiger partial charge in [-0.2, -0.15) is 15.0 Å². The van der Waals surface area contributed by atoms with Gasteiger partial charge in [-0.25, -0.2) is 0 Å². The van der Waals surface area contributed by atoms with E-state index in [1.807, 2.05) is 44.2 Å². The Hall–Kier alpha value is -2.25. The lowest BCUT2D eigenvalue weighted by Gasteiger charge is -2.31. The molecule has 3 N–H and O–H groups in total. The second kappa shape index (κ2) is 7.67. The van der Waals surface area contributed by atoms with E-state index >= 15 is 0 Å². The summed E-state index contributed by atoms with van der Waals surface area (Å²) in [6, 6.07) is 9.45. The molecule has 0 bridgehead atoms. The molecule has 1 radical (unpaired) electrons. The molecule has 1 aromatic heterocycles. The molecule has 7 nitrogen and oxygen atoms in total. The van der Waals surface area contributed by atoms with Gasteiger partial charge in [-0.1, -0.05) is 32.0 Å². The number of benzene rings is 1. The van der Waals surface area contributed by atoms with Crippen molar-refractivity contribution in [1.82, 2.24) is 15.0 Å². The van der Waals surface area contributed by atoms with Crippen LogP contribution >= 0.6 is 0 Å². The second-order valence-electron chi connectivity index (χ2n) is 4.74. The van der Waals surface area contributed by atoms with Crippen molar-refractivity contribution in [3.63, 3.8) is 0 Å². The molecule has 117 valence electrons. The molecule has 0 aliphatic rings. The van der Waals surface area contributed by atoms with Crippen LogP contribution in [0, 0.1) is 6.33 Å². The van der Waals surface area contributed by atoms with Gasteiger partial charge in [-0.3, -0.25) is 4.90 Å². The maximum Gasteiger partial charge on any atom is 0.234 e. The summed E-state index contributed by atoms with van der Waals surface area (Å²) < 4.78 is 0. The molecule has 22 heavy (non-hydrogen) atoms. The maximum absolute atomic E-state index is 10.1. The van der Waals surface area contributed by atoms with Crippen LogP contribution in [0.5, 0.6) is 0 Å². The quantitative estimate of drug-likeness (QED) is 0.670. The van der Waals surface area contributed by atoms with Crippen LogP contribution in [0.3, 0.4) is 0 Å². The van der Waals surface area contributed by atoms with Gasteiger partial charge >= 0.3 is 0 Å². The third-order valence-corrected chi connectivity index (χ3v) is 3.15. The van der Waals surface area contributed by atoms with Crippen molar-refractivity contribution in [2.24, 2.45) is 0 Å². The van der Waals surface area contributed by atoms with Crippen LogP contribution in [0.25, 0.3) is 0 Å². The lowest BCUT2D eigenvalue weighted by molar-refractivity contribution is 0.0776. The number of rotatable bonds is 7. The molecule has 2 rings (SSSR count). The molecule has 7 heteroatoms. The summed E-state index contributed by atoms with van der Waals surface area (Å²) in [7, 11) is 0. The number of anilines is 3. The highest BCUT2D eigenvalue weighted by Crippen LogP contribution is 2.18. The van der Waals surface area contributed by atoms with E-state index < -0.39 is 12.5 Å². The maximum atomic E-state index is 10.1. The number of hydrogen-bond acceptors (Lipinski definition) is 7. The Morgan fingerprint density at radius 2 is 1.73 bits per heavy atom. The van der Waals surface area contributed by atoms with E-state index in [2.05, 4.69) is 26.6 Å². The first-order chi connectivity index (χ1) is 10.7. The zero-order chi connectivity index (χ0) is 15.9. The van der Waals surface area contributed by atoms with Gasteiger partial charge in [0.2, 0.25) is 18.2 Å². The first-order valence-corrected chi connectivity index (χ1v) is 7.24. The summed E-state index contributed by atoms with van der Waals surface area (Å²) >= 11 is 0. The minimum atomic E-state index is -0.879. The smallest absolute Gasteiger partial charge is 0.234 e. The fourth-order valence-electron chi connectivity index (χ4n) is 1.94. The Bertz CT molecular complexity index is 571. The van der Waals surface area contributed by atoms with Gasteiger partial charge in [-0.05, 0) is 25.0 Å². The fraction of sp³-hybridized carbons (Fsp3) is 0.400. The molecule has 2 unspecified atom stereocenters. The van der Waals surface area contributed by atoms with Crippen LogP contribution in [-0.4, -0.2) is 37.6 Å². The molecular formula is C15H20N5O2. The molecule has 0 saturated heterocycles. The standard InChI is InChI=1S/C15H20N5O2/c1-3-12(21)20(13(22)4-2)15-17-10-16-14(19-15)18-11-8-6-5-7-9-11/h5-9,12-13,21-22H,3-4H2,1-2H3,(H,16,17,18,19). The monoisotopic (exact) mass is 302 g/mol. The molecular weight excluding hydrogens is 282 g/mol. The average molecular weight is 302 g/mol.